The second kappa shape index (κ2) is 44.0. The highest BCUT2D eigenvalue weighted by Crippen LogP contribution is 2.26. The summed E-state index contributed by atoms with van der Waals surface area (Å²) in [5, 5.41) is 25.7. The van der Waals surface area contributed by atoms with Crippen molar-refractivity contribution in [3.63, 3.8) is 0 Å². The van der Waals surface area contributed by atoms with Crippen molar-refractivity contribution in [3.8, 4) is 0 Å². The number of H-pyrrole nitrogens is 2. The Bertz CT molecular complexity index is 4130. The topological polar surface area (TPSA) is 580 Å². The number of guanidine groups is 1. The zero-order valence-corrected chi connectivity index (χ0v) is 64.4. The van der Waals surface area contributed by atoms with Gasteiger partial charge in [0.2, 0.25) is 82.7 Å². The van der Waals surface area contributed by atoms with Gasteiger partial charge in [-0.15, -0.1) is 0 Å². The number of rotatable bonds is 46. The Morgan fingerprint density at radius 3 is 1.50 bits per heavy atom. The van der Waals surface area contributed by atoms with Gasteiger partial charge in [0.1, 0.15) is 60.4 Å². The van der Waals surface area contributed by atoms with Crippen LogP contribution in [-0.2, 0) is 86.4 Å². The molecule has 0 saturated carbocycles. The van der Waals surface area contributed by atoms with E-state index in [4.69, 9.17) is 40.1 Å². The van der Waals surface area contributed by atoms with E-state index in [1.807, 2.05) is 32.2 Å². The van der Waals surface area contributed by atoms with Gasteiger partial charge in [-0.1, -0.05) is 80.6 Å². The van der Waals surface area contributed by atoms with Gasteiger partial charge < -0.3 is 108 Å². The van der Waals surface area contributed by atoms with Gasteiger partial charge in [-0.3, -0.25) is 72.1 Å². The molecule has 3 aromatic carbocycles. The molecule has 7 rings (SSSR count). The predicted molar refractivity (Wildman–Crippen MR) is 421 cm³/mol. The normalized spacial score (nSPS) is 16.4. The van der Waals surface area contributed by atoms with E-state index >= 15 is 14.4 Å². The number of aliphatic imine (C=N–C) groups is 1. The van der Waals surface area contributed by atoms with Gasteiger partial charge in [-0.2, -0.15) is 11.8 Å². The van der Waals surface area contributed by atoms with Crippen molar-refractivity contribution in [3.05, 3.63) is 108 Å². The van der Waals surface area contributed by atoms with E-state index in [1.54, 1.807) is 79.1 Å². The Kier molecular flexibility index (Phi) is 34.6. The minimum absolute atomic E-state index is 0.0544. The standard InChI is InChI=1S/C76H109N21O14S/c1-43(2)36-56(69(105)89-52(65(81)101)30-35-112-3)88-64(100)42-87-66(102)58(38-45-40-85-50-21-9-7-18-47(45)50)94-70(106)57(37-44-16-5-4-6-17-44)93-71(107)59(39-46-41-86-51-22-10-8-19-48(46)51)95-68(104)53(26-28-62(79)98)90-67(103)54(27-29-63(80)99)91-72(108)61-25-15-34-97(61)75(111)55(23-11-12-31-77)92-73(109)60-24-14-33-96(60)74(110)49(78)20-13-32-84-76(82)83/h4-10,16-19,21-22,40-41,43,49,52-61,85-86H,11-15,20,23-39,42,77-78H2,1-3H3,(H2,79,98)(H2,80,99)(H2,81,101)(H,87,102)(H,88,100)(H,89,105)(H,90,103)(H,91,108)(H,92,109)(H,93,107)(H,94,106)(H,95,104)(H4,82,83,84)/t49-,52-,53-,54-,55-,56-,57-,58+,59+,60+,61-/m0/s1. The van der Waals surface area contributed by atoms with E-state index in [-0.39, 0.29) is 95.8 Å². The first-order valence-corrected chi connectivity index (χ1v) is 39.3. The Balaban J connectivity index is 1.13. The lowest BCUT2D eigenvalue weighted by molar-refractivity contribution is -0.144. The van der Waals surface area contributed by atoms with Gasteiger partial charge in [-0.25, -0.2) is 0 Å². The van der Waals surface area contributed by atoms with Crippen LogP contribution in [0.15, 0.2) is 96.2 Å². The van der Waals surface area contributed by atoms with Crippen molar-refractivity contribution in [1.29, 1.82) is 0 Å². The molecule has 14 amide bonds. The highest BCUT2D eigenvalue weighted by molar-refractivity contribution is 7.98. The van der Waals surface area contributed by atoms with E-state index < -0.39 is 181 Å². The number of thioether (sulfide) groups is 1. The lowest BCUT2D eigenvalue weighted by atomic mass is 10.00. The monoisotopic (exact) mass is 1570 g/mol. The summed E-state index contributed by atoms with van der Waals surface area (Å²) in [6.45, 7) is 3.80. The summed E-state index contributed by atoms with van der Waals surface area (Å²) in [5.74, 6) is -10.9. The van der Waals surface area contributed by atoms with Gasteiger partial charge in [0.05, 0.1) is 12.6 Å². The van der Waals surface area contributed by atoms with Crippen LogP contribution in [0.25, 0.3) is 21.8 Å². The first-order chi connectivity index (χ1) is 53.5. The molecule has 0 spiro atoms. The molecule has 0 bridgehead atoms. The summed E-state index contributed by atoms with van der Waals surface area (Å²) in [4.78, 5) is 210. The number of aromatic nitrogens is 2. The van der Waals surface area contributed by atoms with Gasteiger partial charge in [0, 0.05) is 85.9 Å². The number of fused-ring (bicyclic) bond motifs is 2. The molecular weight excluding hydrogens is 1460 g/mol. The molecule has 36 heteroatoms. The smallest absolute Gasteiger partial charge is 0.245 e. The van der Waals surface area contributed by atoms with Crippen LogP contribution < -0.4 is 88.0 Å². The average Bonchev–Trinajstić information content (AvgIpc) is 1.68. The Hall–Kier alpha value is -11.1. The first kappa shape index (κ1) is 88.1. The second-order valence-electron chi connectivity index (χ2n) is 28.6. The van der Waals surface area contributed by atoms with E-state index in [2.05, 4.69) is 62.8 Å². The lowest BCUT2D eigenvalue weighted by Gasteiger charge is -2.32. The second-order valence-corrected chi connectivity index (χ2v) is 29.6. The molecule has 0 aliphatic carbocycles. The number of carbonyl (C=O) groups excluding carboxylic acids is 14. The number of primary amides is 3. The third kappa shape index (κ3) is 26.8. The molecule has 35 nitrogen and oxygen atoms in total. The van der Waals surface area contributed by atoms with Crippen molar-refractivity contribution < 1.29 is 67.1 Å². The number of aromatic amines is 2. The van der Waals surface area contributed by atoms with Crippen LogP contribution in [0.1, 0.15) is 127 Å². The number of para-hydroxylation sites is 2. The van der Waals surface area contributed by atoms with Gasteiger partial charge in [0.25, 0.3) is 0 Å². The molecule has 2 aliphatic rings. The number of nitrogens with one attached hydrogen (secondary N) is 11. The summed E-state index contributed by atoms with van der Waals surface area (Å²) in [6.07, 6.45) is 5.81. The minimum Gasteiger partial charge on any atom is -0.370 e. The van der Waals surface area contributed by atoms with Crippen LogP contribution in [0.4, 0.5) is 0 Å². The summed E-state index contributed by atoms with van der Waals surface area (Å²) in [6, 6.07) is 8.46. The Labute approximate surface area is 653 Å². The number of hydrogen-bond acceptors (Lipinski definition) is 18. The molecule has 0 unspecified atom stereocenters. The molecule has 2 saturated heterocycles. The van der Waals surface area contributed by atoms with Crippen molar-refractivity contribution in [2.75, 3.05) is 44.7 Å². The SMILES string of the molecule is CSCC[C@H](NC(=O)[C@H](CC(C)C)NC(=O)CNC(=O)[C@@H](Cc1c[nH]c2ccccc12)NC(=O)[C@H](Cc1ccccc1)NC(=O)[C@@H](Cc1c[nH]c2ccccc12)NC(=O)[C@H](CCC(N)=O)NC(=O)[C@H](CCC(N)=O)NC(=O)[C@@H]1CCCN1C(=O)[C@H](CCCCN)NC(=O)[C@H]1CCCN1C(=O)[C@@H](N)CCCN=C(N)N)C(N)=O. The van der Waals surface area contributed by atoms with Crippen LogP contribution >= 0.6 is 11.8 Å². The number of amides is 14. The fourth-order valence-electron chi connectivity index (χ4n) is 13.7. The fraction of sp³-hybridized carbons (Fsp3) is 0.513. The highest BCUT2D eigenvalue weighted by Gasteiger charge is 2.43. The largest absolute Gasteiger partial charge is 0.370 e. The zero-order chi connectivity index (χ0) is 81.6. The number of benzene rings is 3. The molecule has 2 fully saturated rings. The van der Waals surface area contributed by atoms with Gasteiger partial charge in [0.15, 0.2) is 5.96 Å². The molecule has 2 aliphatic heterocycles. The molecule has 608 valence electrons. The Morgan fingerprint density at radius 1 is 0.509 bits per heavy atom. The number of unbranched alkanes of at least 4 members (excludes halogenated alkanes) is 1. The third-order valence-electron chi connectivity index (χ3n) is 19.6. The average molecular weight is 1570 g/mol. The molecule has 112 heavy (non-hydrogen) atoms. The number of likely N-dealkylation sites (tertiary alicyclic amines) is 2. The summed E-state index contributed by atoms with van der Waals surface area (Å²) in [5.41, 5.74) is 42.9. The first-order valence-electron chi connectivity index (χ1n) is 37.9. The van der Waals surface area contributed by atoms with Crippen LogP contribution in [0.3, 0.4) is 0 Å². The Morgan fingerprint density at radius 2 is 0.982 bits per heavy atom. The van der Waals surface area contributed by atoms with Crippen LogP contribution in [0.2, 0.25) is 0 Å². The van der Waals surface area contributed by atoms with Gasteiger partial charge >= 0.3 is 0 Å². The van der Waals surface area contributed by atoms with Crippen LogP contribution in [-0.4, -0.2) is 220 Å². The molecule has 4 heterocycles. The molecule has 0 radical (unpaired) electrons. The number of nitrogens with zero attached hydrogens (tertiary/aromatic N) is 3. The van der Waals surface area contributed by atoms with E-state index in [9.17, 15) is 52.7 Å². The minimum atomic E-state index is -1.71. The summed E-state index contributed by atoms with van der Waals surface area (Å²) < 4.78 is 0. The maximum absolute atomic E-state index is 15.4. The molecule has 5 aromatic rings. The zero-order valence-electron chi connectivity index (χ0n) is 63.6. The third-order valence-corrected chi connectivity index (χ3v) is 20.2. The number of nitrogens with two attached hydrogens (primary N) is 7. The van der Waals surface area contributed by atoms with Crippen molar-refractivity contribution >= 4 is 122 Å². The van der Waals surface area contributed by atoms with Crippen molar-refractivity contribution in [2.45, 2.75) is 196 Å². The molecule has 11 atom stereocenters. The highest BCUT2D eigenvalue weighted by atomic mass is 32.2. The number of hydrogen-bond donors (Lipinski definition) is 18. The summed E-state index contributed by atoms with van der Waals surface area (Å²) in [7, 11) is 0. The predicted octanol–water partition coefficient (Wildman–Crippen LogP) is -2.02. The van der Waals surface area contributed by atoms with Crippen molar-refractivity contribution in [2.24, 2.45) is 51.0 Å². The fourth-order valence-corrected chi connectivity index (χ4v) is 14.2. The van der Waals surface area contributed by atoms with Crippen LogP contribution in [0.5, 0.6) is 0 Å². The van der Waals surface area contributed by atoms with E-state index in [0.717, 1.165) is 0 Å². The molecular formula is C76H109N21O14S. The number of carbonyl (C=O) groups is 14. The summed E-state index contributed by atoms with van der Waals surface area (Å²) >= 11 is 1.45. The maximum Gasteiger partial charge on any atom is 0.245 e. The van der Waals surface area contributed by atoms with E-state index in [1.165, 1.54) is 21.6 Å². The quantitative estimate of drug-likeness (QED) is 0.0114. The van der Waals surface area contributed by atoms with Crippen LogP contribution in [0, 0.1) is 5.92 Å². The lowest BCUT2D eigenvalue weighted by Crippen LogP contribution is -2.61. The van der Waals surface area contributed by atoms with E-state index in [0.29, 0.717) is 76.4 Å². The molecule has 2 aromatic heterocycles. The van der Waals surface area contributed by atoms with Gasteiger partial charge in [-0.05, 0) is 137 Å². The maximum atomic E-state index is 15.4. The molecule has 25 N–H and O–H groups in total. The van der Waals surface area contributed by atoms with Crippen molar-refractivity contribution in [1.82, 2.24) is 67.6 Å².